The number of nitrogens with one attached hydrogen (secondary N) is 2. The number of ether oxygens (including phenoxy) is 1. The van der Waals surface area contributed by atoms with Gasteiger partial charge in [-0.3, -0.25) is 4.79 Å². The Morgan fingerprint density at radius 2 is 1.96 bits per heavy atom. The molecule has 6 heteroatoms. The number of benzene rings is 1. The molecule has 1 aromatic carbocycles. The molecule has 0 aliphatic heterocycles. The van der Waals surface area contributed by atoms with Crippen LogP contribution in [0.15, 0.2) is 24.3 Å². The molecule has 1 atom stereocenters. The van der Waals surface area contributed by atoms with Gasteiger partial charge in [-0.2, -0.15) is 0 Å². The normalized spacial score (nSPS) is 16.6. The number of carbonyl (C=O) groups excluding carboxylic acids is 2. The molecule has 0 saturated heterocycles. The second-order valence-electron chi connectivity index (χ2n) is 6.51. The van der Waals surface area contributed by atoms with Crippen molar-refractivity contribution in [1.29, 1.82) is 0 Å². The number of hydrogen-bond acceptors (Lipinski definition) is 4. The molecule has 2 amide bonds. The lowest BCUT2D eigenvalue weighted by molar-refractivity contribution is -0.140. The van der Waals surface area contributed by atoms with Crippen molar-refractivity contribution < 1.29 is 19.4 Å². The maximum absolute atomic E-state index is 11.8. The van der Waals surface area contributed by atoms with Gasteiger partial charge in [-0.25, -0.2) is 4.79 Å². The minimum Gasteiger partial charge on any atom is -0.469 e. The van der Waals surface area contributed by atoms with Crippen molar-refractivity contribution in [1.82, 2.24) is 5.32 Å². The van der Waals surface area contributed by atoms with Gasteiger partial charge in [0.25, 0.3) is 0 Å². The van der Waals surface area contributed by atoms with Crippen LogP contribution in [0.5, 0.6) is 0 Å². The fourth-order valence-electron chi connectivity index (χ4n) is 2.77. The van der Waals surface area contributed by atoms with Crippen LogP contribution in [0.25, 0.3) is 0 Å². The Morgan fingerprint density at radius 3 is 2.50 bits per heavy atom. The average Bonchev–Trinajstić information content (AvgIpc) is 2.53. The average molecular weight is 334 g/mol. The van der Waals surface area contributed by atoms with Crippen LogP contribution in [0, 0.1) is 0 Å². The third-order valence-electron chi connectivity index (χ3n) is 4.60. The Labute approximate surface area is 142 Å². The number of esters is 1. The molecular weight excluding hydrogens is 308 g/mol. The molecule has 1 saturated carbocycles. The van der Waals surface area contributed by atoms with Crippen LogP contribution in [0.4, 0.5) is 10.5 Å². The highest BCUT2D eigenvalue weighted by Crippen LogP contribution is 2.34. The monoisotopic (exact) mass is 334 g/mol. The van der Waals surface area contributed by atoms with E-state index in [0.29, 0.717) is 25.1 Å². The van der Waals surface area contributed by atoms with Crippen LogP contribution in [0.1, 0.15) is 50.5 Å². The van der Waals surface area contributed by atoms with Gasteiger partial charge in [0.15, 0.2) is 0 Å². The third-order valence-corrected chi connectivity index (χ3v) is 4.60. The molecule has 0 heterocycles. The van der Waals surface area contributed by atoms with Gasteiger partial charge < -0.3 is 20.5 Å². The molecule has 0 radical (unpaired) electrons. The van der Waals surface area contributed by atoms with Crippen LogP contribution >= 0.6 is 0 Å². The topological polar surface area (TPSA) is 87.7 Å². The summed E-state index contributed by atoms with van der Waals surface area (Å²) in [5, 5.41) is 15.5. The van der Waals surface area contributed by atoms with E-state index in [9.17, 15) is 14.7 Å². The summed E-state index contributed by atoms with van der Waals surface area (Å²) in [5.41, 5.74) is 1.12. The smallest absolute Gasteiger partial charge is 0.319 e. The number of urea groups is 1. The van der Waals surface area contributed by atoms with E-state index in [-0.39, 0.29) is 17.9 Å². The molecule has 1 fully saturated rings. The molecule has 1 aromatic rings. The quantitative estimate of drug-likeness (QED) is 0.669. The highest BCUT2D eigenvalue weighted by atomic mass is 16.5. The van der Waals surface area contributed by atoms with E-state index in [1.165, 1.54) is 7.11 Å². The first kappa shape index (κ1) is 18.3. The number of hydrogen-bond donors (Lipinski definition) is 3. The second kappa shape index (κ2) is 8.15. The molecule has 0 unspecified atom stereocenters. The van der Waals surface area contributed by atoms with E-state index >= 15 is 0 Å². The molecule has 1 aliphatic carbocycles. The fourth-order valence-corrected chi connectivity index (χ4v) is 2.77. The lowest BCUT2D eigenvalue weighted by atomic mass is 9.78. The van der Waals surface area contributed by atoms with E-state index < -0.39 is 5.60 Å². The fraction of sp³-hybridized carbons (Fsp3) is 0.556. The molecule has 0 bridgehead atoms. The van der Waals surface area contributed by atoms with Gasteiger partial charge in [-0.15, -0.1) is 0 Å². The molecule has 6 nitrogen and oxygen atoms in total. The van der Waals surface area contributed by atoms with Gasteiger partial charge in [0.2, 0.25) is 0 Å². The second-order valence-corrected chi connectivity index (χ2v) is 6.51. The summed E-state index contributed by atoms with van der Waals surface area (Å²) in [6, 6.07) is 7.11. The Kier molecular flexibility index (Phi) is 6.20. The van der Waals surface area contributed by atoms with Gasteiger partial charge in [0.1, 0.15) is 0 Å². The van der Waals surface area contributed by atoms with Crippen molar-refractivity contribution >= 4 is 17.7 Å². The maximum atomic E-state index is 11.8. The molecule has 2 rings (SSSR count). The lowest BCUT2D eigenvalue weighted by Gasteiger charge is -2.36. The summed E-state index contributed by atoms with van der Waals surface area (Å²) in [4.78, 5) is 23.1. The third kappa shape index (κ3) is 5.23. The van der Waals surface area contributed by atoms with Crippen LogP contribution in [-0.4, -0.2) is 36.4 Å². The van der Waals surface area contributed by atoms with Gasteiger partial charge in [-0.1, -0.05) is 19.1 Å². The van der Waals surface area contributed by atoms with E-state index in [2.05, 4.69) is 15.4 Å². The summed E-state index contributed by atoms with van der Waals surface area (Å²) >= 11 is 0. The van der Waals surface area contributed by atoms with Gasteiger partial charge in [-0.05, 0) is 49.3 Å². The molecular formula is C18H26N2O4. The summed E-state index contributed by atoms with van der Waals surface area (Å²) in [5.74, 6) is -0.180. The largest absolute Gasteiger partial charge is 0.469 e. The van der Waals surface area contributed by atoms with Crippen molar-refractivity contribution in [3.8, 4) is 0 Å². The minimum atomic E-state index is -0.579. The predicted molar refractivity (Wildman–Crippen MR) is 91.9 cm³/mol. The number of rotatable bonds is 7. The summed E-state index contributed by atoms with van der Waals surface area (Å²) in [6.07, 6.45) is 3.61. The Hall–Kier alpha value is -2.08. The van der Waals surface area contributed by atoms with Gasteiger partial charge in [0.05, 0.1) is 19.1 Å². The van der Waals surface area contributed by atoms with Crippen molar-refractivity contribution in [3.63, 3.8) is 0 Å². The van der Waals surface area contributed by atoms with Crippen LogP contribution in [0.3, 0.4) is 0 Å². The zero-order chi connectivity index (χ0) is 17.6. The van der Waals surface area contributed by atoms with Crippen molar-refractivity contribution in [2.24, 2.45) is 0 Å². The number of amides is 2. The molecule has 0 aromatic heterocycles. The zero-order valence-electron chi connectivity index (χ0n) is 14.3. The SMILES string of the molecule is COC(=O)C[C@@H](C)c1ccc(NC(=O)NCCC2(O)CCC2)cc1. The molecule has 132 valence electrons. The predicted octanol–water partition coefficient (Wildman–Crippen LogP) is 2.78. The standard InChI is InChI=1S/C18H26N2O4/c1-13(12-16(21)24-2)14-4-6-15(7-5-14)20-17(22)19-11-10-18(23)8-3-9-18/h4-7,13,23H,3,8-12H2,1-2H3,(H2,19,20,22)/t13-/m1/s1. The maximum Gasteiger partial charge on any atom is 0.319 e. The summed E-state index contributed by atoms with van der Waals surface area (Å²) < 4.78 is 4.67. The van der Waals surface area contributed by atoms with Gasteiger partial charge in [0, 0.05) is 12.2 Å². The molecule has 24 heavy (non-hydrogen) atoms. The number of carbonyl (C=O) groups is 2. The van der Waals surface area contributed by atoms with Crippen LogP contribution in [0.2, 0.25) is 0 Å². The van der Waals surface area contributed by atoms with Gasteiger partial charge >= 0.3 is 12.0 Å². The molecule has 1 aliphatic rings. The minimum absolute atomic E-state index is 0.0588. The first-order valence-electron chi connectivity index (χ1n) is 8.36. The first-order valence-corrected chi connectivity index (χ1v) is 8.36. The highest BCUT2D eigenvalue weighted by Gasteiger charge is 2.33. The number of anilines is 1. The molecule has 3 N–H and O–H groups in total. The van der Waals surface area contributed by atoms with E-state index in [4.69, 9.17) is 0 Å². The Balaban J connectivity index is 1.76. The van der Waals surface area contributed by atoms with Crippen molar-refractivity contribution in [3.05, 3.63) is 29.8 Å². The zero-order valence-corrected chi connectivity index (χ0v) is 14.3. The highest BCUT2D eigenvalue weighted by molar-refractivity contribution is 5.89. The van der Waals surface area contributed by atoms with E-state index in [1.54, 1.807) is 0 Å². The van der Waals surface area contributed by atoms with E-state index in [1.807, 2.05) is 31.2 Å². The van der Waals surface area contributed by atoms with Crippen molar-refractivity contribution in [2.45, 2.75) is 50.5 Å². The lowest BCUT2D eigenvalue weighted by Crippen LogP contribution is -2.41. The first-order chi connectivity index (χ1) is 11.4. The molecule has 0 spiro atoms. The van der Waals surface area contributed by atoms with Crippen molar-refractivity contribution in [2.75, 3.05) is 19.0 Å². The van der Waals surface area contributed by atoms with E-state index in [0.717, 1.165) is 24.8 Å². The Morgan fingerprint density at radius 1 is 1.29 bits per heavy atom. The van der Waals surface area contributed by atoms with Crippen LogP contribution < -0.4 is 10.6 Å². The summed E-state index contributed by atoms with van der Waals surface area (Å²) in [6.45, 7) is 2.41. The summed E-state index contributed by atoms with van der Waals surface area (Å²) in [7, 11) is 1.38. The Bertz CT molecular complexity index is 567. The number of aliphatic hydroxyl groups is 1. The van der Waals surface area contributed by atoms with Crippen LogP contribution in [-0.2, 0) is 9.53 Å². The number of methoxy groups -OCH3 is 1.